The number of alkyl halides is 9. The number of aryl methyl sites for hydroxylation is 1. The minimum atomic E-state index is -7.47. The van der Waals surface area contributed by atoms with Crippen molar-refractivity contribution in [3.63, 3.8) is 0 Å². The third-order valence-electron chi connectivity index (χ3n) is 7.61. The standard InChI is InChI=1S/C28H22F9N3O4S2/c1-15-24(45-14-38-15)22-19-8-7-18(44-46(42,43)28(36,37)26(31,32)25(29,30)27(33,34)35)13-20(19)23(41)21(22)16-3-5-17(6-4-16)40-11-9-39(2)10-12-40/h3-8,13-14H,9-12H2,1-2H3. The van der Waals surface area contributed by atoms with Crippen LogP contribution in [-0.2, 0) is 10.1 Å². The van der Waals surface area contributed by atoms with Crippen molar-refractivity contribution in [2.24, 2.45) is 0 Å². The van der Waals surface area contributed by atoms with Crippen LogP contribution >= 0.6 is 11.3 Å². The second-order valence-electron chi connectivity index (χ2n) is 10.6. The van der Waals surface area contributed by atoms with E-state index in [1.54, 1.807) is 31.2 Å². The molecule has 0 unspecified atom stereocenters. The highest BCUT2D eigenvalue weighted by Gasteiger charge is 2.86. The lowest BCUT2D eigenvalue weighted by Crippen LogP contribution is -2.63. The number of piperazine rings is 1. The van der Waals surface area contributed by atoms with E-state index in [9.17, 15) is 52.7 Å². The number of likely N-dealkylation sites (N-methyl/N-ethyl adjacent to an activating group) is 1. The summed E-state index contributed by atoms with van der Waals surface area (Å²) in [6.45, 7) is 4.85. The Morgan fingerprint density at radius 2 is 1.43 bits per heavy atom. The van der Waals surface area contributed by atoms with Gasteiger partial charge >= 0.3 is 33.4 Å². The van der Waals surface area contributed by atoms with Gasteiger partial charge in [0, 0.05) is 48.6 Å². The summed E-state index contributed by atoms with van der Waals surface area (Å²) >= 11 is 1.15. The number of ketones is 1. The number of aromatic nitrogens is 1. The molecule has 1 aliphatic heterocycles. The van der Waals surface area contributed by atoms with Crippen molar-refractivity contribution < 1.29 is 56.9 Å². The van der Waals surface area contributed by atoms with Crippen molar-refractivity contribution >= 4 is 44.1 Å². The molecule has 1 fully saturated rings. The van der Waals surface area contributed by atoms with Crippen LogP contribution in [0.2, 0.25) is 0 Å². The number of Topliss-reactive ketones (excluding diaryl/α,β-unsaturated/α-hetero) is 1. The number of anilines is 1. The van der Waals surface area contributed by atoms with Gasteiger partial charge in [-0.2, -0.15) is 47.9 Å². The Bertz CT molecular complexity index is 1810. The minimum absolute atomic E-state index is 0.106. The van der Waals surface area contributed by atoms with E-state index >= 15 is 0 Å². The molecule has 2 aromatic carbocycles. The lowest BCUT2D eigenvalue weighted by Gasteiger charge is -2.34. The first-order chi connectivity index (χ1) is 21.2. The smallest absolute Gasteiger partial charge is 0.378 e. The van der Waals surface area contributed by atoms with Crippen LogP contribution in [0.4, 0.5) is 45.2 Å². The van der Waals surface area contributed by atoms with Crippen molar-refractivity contribution in [2.45, 2.75) is 30.2 Å². The fraction of sp³-hybridized carbons (Fsp3) is 0.357. The zero-order valence-corrected chi connectivity index (χ0v) is 25.3. The van der Waals surface area contributed by atoms with Crippen LogP contribution in [-0.4, -0.2) is 80.6 Å². The maximum Gasteiger partial charge on any atom is 0.460 e. The Balaban J connectivity index is 1.51. The number of benzene rings is 2. The van der Waals surface area contributed by atoms with Gasteiger partial charge in [-0.25, -0.2) is 4.98 Å². The highest BCUT2D eigenvalue weighted by atomic mass is 32.2. The molecule has 248 valence electrons. The zero-order valence-electron chi connectivity index (χ0n) is 23.6. The second kappa shape index (κ2) is 11.3. The summed E-state index contributed by atoms with van der Waals surface area (Å²) in [7, 11) is -5.20. The van der Waals surface area contributed by atoms with Gasteiger partial charge in [0.2, 0.25) is 0 Å². The van der Waals surface area contributed by atoms with Gasteiger partial charge in [-0.15, -0.1) is 11.3 Å². The van der Waals surface area contributed by atoms with E-state index in [1.807, 2.05) is 7.05 Å². The third-order valence-corrected chi connectivity index (χ3v) is 9.86. The lowest BCUT2D eigenvalue weighted by molar-refractivity contribution is -0.382. The van der Waals surface area contributed by atoms with Crippen LogP contribution < -0.4 is 9.08 Å². The molecule has 2 heterocycles. The van der Waals surface area contributed by atoms with Gasteiger partial charge in [0.1, 0.15) is 5.75 Å². The molecule has 0 amide bonds. The molecule has 0 atom stereocenters. The van der Waals surface area contributed by atoms with Gasteiger partial charge in [-0.05, 0) is 55.4 Å². The van der Waals surface area contributed by atoms with Crippen molar-refractivity contribution in [1.82, 2.24) is 9.88 Å². The van der Waals surface area contributed by atoms with Gasteiger partial charge in [0.15, 0.2) is 5.78 Å². The summed E-state index contributed by atoms with van der Waals surface area (Å²) in [5.74, 6) is -16.9. The third kappa shape index (κ3) is 5.33. The number of fused-ring (bicyclic) bond motifs is 1. The maximum absolute atomic E-state index is 14.3. The Labute approximate surface area is 260 Å². The molecule has 3 aromatic rings. The average molecular weight is 700 g/mol. The molecule has 1 aromatic heterocycles. The number of rotatable bonds is 8. The van der Waals surface area contributed by atoms with E-state index in [1.165, 1.54) is 5.51 Å². The van der Waals surface area contributed by atoms with E-state index in [4.69, 9.17) is 0 Å². The zero-order chi connectivity index (χ0) is 34.0. The Hall–Kier alpha value is -3.64. The molecule has 7 nitrogen and oxygen atoms in total. The number of allylic oxidation sites excluding steroid dienone is 1. The second-order valence-corrected chi connectivity index (χ2v) is 13.0. The van der Waals surface area contributed by atoms with Crippen LogP contribution in [0.3, 0.4) is 0 Å². The van der Waals surface area contributed by atoms with Gasteiger partial charge in [-0.3, -0.25) is 4.79 Å². The maximum atomic E-state index is 14.3. The van der Waals surface area contributed by atoms with Gasteiger partial charge in [0.25, 0.3) is 0 Å². The van der Waals surface area contributed by atoms with Crippen LogP contribution in [0.5, 0.6) is 5.75 Å². The lowest BCUT2D eigenvalue weighted by atomic mass is 9.97. The highest BCUT2D eigenvalue weighted by Crippen LogP contribution is 2.55. The number of thiazole rings is 1. The number of hydrogen-bond donors (Lipinski definition) is 0. The van der Waals surface area contributed by atoms with Crippen molar-refractivity contribution in [2.75, 3.05) is 38.1 Å². The summed E-state index contributed by atoms with van der Waals surface area (Å²) < 4.78 is 149. The van der Waals surface area contributed by atoms with E-state index < -0.39 is 44.9 Å². The highest BCUT2D eigenvalue weighted by molar-refractivity contribution is 7.88. The SMILES string of the molecule is Cc1ncsc1C1=C(c2ccc(N3CCN(C)CC3)cc2)C(=O)c2cc(OS(=O)(=O)C(F)(F)C(F)(F)C(F)(F)C(F)(F)F)ccc21. The summed E-state index contributed by atoms with van der Waals surface area (Å²) in [5, 5.41) is -7.05. The van der Waals surface area contributed by atoms with E-state index in [-0.39, 0.29) is 16.7 Å². The summed E-state index contributed by atoms with van der Waals surface area (Å²) in [5.41, 5.74) is 3.56. The first kappa shape index (κ1) is 33.7. The molecule has 0 saturated carbocycles. The van der Waals surface area contributed by atoms with Crippen molar-refractivity contribution in [1.29, 1.82) is 0 Å². The topological polar surface area (TPSA) is 79.8 Å². The first-order valence-corrected chi connectivity index (χ1v) is 15.5. The monoisotopic (exact) mass is 699 g/mol. The van der Waals surface area contributed by atoms with Gasteiger partial charge in [0.05, 0.1) is 16.1 Å². The summed E-state index contributed by atoms with van der Waals surface area (Å²) in [4.78, 5) is 22.8. The normalized spacial score (nSPS) is 17.1. The number of hydrogen-bond acceptors (Lipinski definition) is 8. The molecule has 0 bridgehead atoms. The number of halogens is 9. The summed E-state index contributed by atoms with van der Waals surface area (Å²) in [6, 6.07) is 9.27. The molecule has 5 rings (SSSR count). The molecule has 0 radical (unpaired) electrons. The predicted octanol–water partition coefficient (Wildman–Crippen LogP) is 6.49. The molecular formula is C28H22F9N3O4S2. The molecule has 0 spiro atoms. The number of nitrogens with zero attached hydrogens (tertiary/aromatic N) is 3. The van der Waals surface area contributed by atoms with Crippen LogP contribution in [0.1, 0.15) is 32.1 Å². The fourth-order valence-corrected chi connectivity index (χ4v) is 6.79. The van der Waals surface area contributed by atoms with Crippen LogP contribution in [0.25, 0.3) is 11.1 Å². The molecule has 0 N–H and O–H groups in total. The predicted molar refractivity (Wildman–Crippen MR) is 150 cm³/mol. The van der Waals surface area contributed by atoms with Crippen molar-refractivity contribution in [3.8, 4) is 5.75 Å². The first-order valence-electron chi connectivity index (χ1n) is 13.2. The molecule has 1 aliphatic carbocycles. The average Bonchev–Trinajstić information content (AvgIpc) is 3.52. The van der Waals surface area contributed by atoms with Crippen LogP contribution in [0.15, 0.2) is 48.0 Å². The Morgan fingerprint density at radius 3 is 1.98 bits per heavy atom. The molecule has 18 heteroatoms. The number of carbonyl (C=O) groups excluding carboxylic acids is 1. The molecule has 2 aliphatic rings. The Morgan fingerprint density at radius 1 is 0.826 bits per heavy atom. The van der Waals surface area contributed by atoms with E-state index in [0.29, 0.717) is 33.8 Å². The quantitative estimate of drug-likeness (QED) is 0.197. The minimum Gasteiger partial charge on any atom is -0.378 e. The van der Waals surface area contributed by atoms with E-state index in [0.717, 1.165) is 49.3 Å². The van der Waals surface area contributed by atoms with Crippen LogP contribution in [0, 0.1) is 6.92 Å². The Kier molecular flexibility index (Phi) is 8.25. The van der Waals surface area contributed by atoms with Gasteiger partial charge < -0.3 is 14.0 Å². The fourth-order valence-electron chi connectivity index (χ4n) is 5.02. The number of carbonyl (C=O) groups is 1. The molecule has 46 heavy (non-hydrogen) atoms. The summed E-state index contributed by atoms with van der Waals surface area (Å²) in [6.07, 6.45) is -7.23. The van der Waals surface area contributed by atoms with E-state index in [2.05, 4.69) is 19.0 Å². The molecular weight excluding hydrogens is 677 g/mol. The van der Waals surface area contributed by atoms with Gasteiger partial charge in [-0.1, -0.05) is 12.1 Å². The molecule has 1 saturated heterocycles. The van der Waals surface area contributed by atoms with Crippen molar-refractivity contribution in [3.05, 3.63) is 75.2 Å². The largest absolute Gasteiger partial charge is 0.460 e.